The van der Waals surface area contributed by atoms with E-state index >= 15 is 0 Å². The minimum absolute atomic E-state index is 0.0990. The standard InChI is InChI=1S/C16H25NO2/c1-3-4-5-9-12-17-16(18)19-14(2)13-15-10-7-6-8-11-15/h6-8,10-11,14H,3-5,9,12-13H2,1-2H3,(H,17,18). The van der Waals surface area contributed by atoms with Gasteiger partial charge in [-0.05, 0) is 18.9 Å². The van der Waals surface area contributed by atoms with Crippen LogP contribution in [0.5, 0.6) is 0 Å². The van der Waals surface area contributed by atoms with Crippen LogP contribution in [0.3, 0.4) is 0 Å². The molecule has 0 bridgehead atoms. The Labute approximate surface area is 116 Å². The minimum atomic E-state index is -0.306. The number of carbonyl (C=O) groups is 1. The van der Waals surface area contributed by atoms with Crippen LogP contribution in [-0.2, 0) is 11.2 Å². The fourth-order valence-corrected chi connectivity index (χ4v) is 1.95. The number of hydrogen-bond acceptors (Lipinski definition) is 2. The lowest BCUT2D eigenvalue weighted by atomic mass is 10.1. The van der Waals surface area contributed by atoms with Gasteiger partial charge in [0.1, 0.15) is 6.10 Å². The highest BCUT2D eigenvalue weighted by atomic mass is 16.6. The van der Waals surface area contributed by atoms with E-state index in [2.05, 4.69) is 12.2 Å². The molecule has 0 aliphatic carbocycles. The molecule has 0 heterocycles. The molecule has 3 nitrogen and oxygen atoms in total. The number of benzene rings is 1. The maximum Gasteiger partial charge on any atom is 0.407 e. The third-order valence-electron chi connectivity index (χ3n) is 2.97. The first kappa shape index (κ1) is 15.5. The Morgan fingerprint density at radius 1 is 1.21 bits per heavy atom. The van der Waals surface area contributed by atoms with E-state index in [1.165, 1.54) is 18.4 Å². The van der Waals surface area contributed by atoms with Crippen molar-refractivity contribution >= 4 is 6.09 Å². The molecule has 0 aromatic heterocycles. The van der Waals surface area contributed by atoms with Gasteiger partial charge in [-0.2, -0.15) is 0 Å². The van der Waals surface area contributed by atoms with Crippen molar-refractivity contribution in [1.29, 1.82) is 0 Å². The average molecular weight is 263 g/mol. The summed E-state index contributed by atoms with van der Waals surface area (Å²) in [5.74, 6) is 0. The smallest absolute Gasteiger partial charge is 0.407 e. The number of ether oxygens (including phenoxy) is 1. The molecule has 0 spiro atoms. The van der Waals surface area contributed by atoms with E-state index in [-0.39, 0.29) is 12.2 Å². The Balaban J connectivity index is 2.14. The Hall–Kier alpha value is -1.51. The number of alkyl carbamates (subject to hydrolysis) is 1. The predicted octanol–water partition coefficient (Wildman–Crippen LogP) is 3.92. The second kappa shape index (κ2) is 9.42. The fourth-order valence-electron chi connectivity index (χ4n) is 1.95. The molecule has 0 saturated heterocycles. The maximum absolute atomic E-state index is 11.5. The van der Waals surface area contributed by atoms with Gasteiger partial charge in [0.05, 0.1) is 0 Å². The van der Waals surface area contributed by atoms with Gasteiger partial charge in [-0.25, -0.2) is 4.79 Å². The molecule has 19 heavy (non-hydrogen) atoms. The van der Waals surface area contributed by atoms with Crippen molar-refractivity contribution in [2.75, 3.05) is 6.54 Å². The highest BCUT2D eigenvalue weighted by Crippen LogP contribution is 2.05. The number of carbonyl (C=O) groups excluding carboxylic acids is 1. The van der Waals surface area contributed by atoms with Gasteiger partial charge in [0, 0.05) is 13.0 Å². The highest BCUT2D eigenvalue weighted by Gasteiger charge is 2.09. The van der Waals surface area contributed by atoms with E-state index in [0.29, 0.717) is 6.54 Å². The summed E-state index contributed by atoms with van der Waals surface area (Å²) in [6.45, 7) is 4.80. The summed E-state index contributed by atoms with van der Waals surface area (Å²) < 4.78 is 5.31. The lowest BCUT2D eigenvalue weighted by Gasteiger charge is -2.14. The van der Waals surface area contributed by atoms with Crippen LogP contribution in [0.2, 0.25) is 0 Å². The van der Waals surface area contributed by atoms with E-state index in [1.807, 2.05) is 37.3 Å². The Bertz CT molecular complexity index is 351. The summed E-state index contributed by atoms with van der Waals surface area (Å²) in [5, 5.41) is 2.80. The van der Waals surface area contributed by atoms with E-state index < -0.39 is 0 Å². The minimum Gasteiger partial charge on any atom is -0.446 e. The normalized spacial score (nSPS) is 11.9. The van der Waals surface area contributed by atoms with Gasteiger partial charge in [-0.1, -0.05) is 56.5 Å². The maximum atomic E-state index is 11.5. The molecular weight excluding hydrogens is 238 g/mol. The van der Waals surface area contributed by atoms with Crippen molar-refractivity contribution in [3.63, 3.8) is 0 Å². The molecule has 1 rings (SSSR count). The second-order valence-electron chi connectivity index (χ2n) is 4.89. The summed E-state index contributed by atoms with van der Waals surface area (Å²) in [6.07, 6.45) is 4.97. The average Bonchev–Trinajstić information content (AvgIpc) is 2.39. The first-order chi connectivity index (χ1) is 9.22. The first-order valence-corrected chi connectivity index (χ1v) is 7.20. The number of hydrogen-bond donors (Lipinski definition) is 1. The molecule has 0 aliphatic heterocycles. The van der Waals surface area contributed by atoms with E-state index in [0.717, 1.165) is 19.3 Å². The third kappa shape index (κ3) is 7.50. The van der Waals surface area contributed by atoms with E-state index in [9.17, 15) is 4.79 Å². The van der Waals surface area contributed by atoms with Crippen LogP contribution in [0.15, 0.2) is 30.3 Å². The Kier molecular flexibility index (Phi) is 7.71. The van der Waals surface area contributed by atoms with Crippen molar-refractivity contribution in [3.8, 4) is 0 Å². The molecule has 0 aliphatic rings. The SMILES string of the molecule is CCCCCCNC(=O)OC(C)Cc1ccccc1. The molecule has 0 fully saturated rings. The molecular formula is C16H25NO2. The van der Waals surface area contributed by atoms with Gasteiger partial charge < -0.3 is 10.1 Å². The van der Waals surface area contributed by atoms with Crippen LogP contribution in [0, 0.1) is 0 Å². The molecule has 0 radical (unpaired) electrons. The first-order valence-electron chi connectivity index (χ1n) is 7.20. The zero-order valence-electron chi connectivity index (χ0n) is 12.0. The monoisotopic (exact) mass is 263 g/mol. The zero-order valence-corrected chi connectivity index (χ0v) is 12.0. The van der Waals surface area contributed by atoms with Gasteiger partial charge in [0.25, 0.3) is 0 Å². The van der Waals surface area contributed by atoms with Gasteiger partial charge >= 0.3 is 6.09 Å². The molecule has 0 saturated carbocycles. The Morgan fingerprint density at radius 3 is 2.63 bits per heavy atom. The quantitative estimate of drug-likeness (QED) is 0.722. The third-order valence-corrected chi connectivity index (χ3v) is 2.97. The van der Waals surface area contributed by atoms with Gasteiger partial charge in [0.15, 0.2) is 0 Å². The summed E-state index contributed by atoms with van der Waals surface area (Å²) in [7, 11) is 0. The van der Waals surface area contributed by atoms with Crippen LogP contribution in [0.1, 0.15) is 45.1 Å². The lowest BCUT2D eigenvalue weighted by molar-refractivity contribution is 0.107. The number of rotatable bonds is 8. The topological polar surface area (TPSA) is 38.3 Å². The van der Waals surface area contributed by atoms with E-state index in [1.54, 1.807) is 0 Å². The number of nitrogens with one attached hydrogen (secondary N) is 1. The molecule has 1 aromatic rings. The van der Waals surface area contributed by atoms with Crippen LogP contribution in [-0.4, -0.2) is 18.7 Å². The summed E-state index contributed by atoms with van der Waals surface area (Å²) in [5.41, 5.74) is 1.19. The molecule has 1 amide bonds. The zero-order chi connectivity index (χ0) is 13.9. The van der Waals surface area contributed by atoms with Crippen molar-refractivity contribution in [1.82, 2.24) is 5.32 Å². The van der Waals surface area contributed by atoms with Crippen LogP contribution in [0.25, 0.3) is 0 Å². The van der Waals surface area contributed by atoms with Crippen LogP contribution >= 0.6 is 0 Å². The van der Waals surface area contributed by atoms with Gasteiger partial charge in [0.2, 0.25) is 0 Å². The molecule has 1 aromatic carbocycles. The van der Waals surface area contributed by atoms with Crippen molar-refractivity contribution < 1.29 is 9.53 Å². The van der Waals surface area contributed by atoms with Crippen LogP contribution < -0.4 is 5.32 Å². The number of unbranched alkanes of at least 4 members (excludes halogenated alkanes) is 3. The molecule has 1 atom stereocenters. The van der Waals surface area contributed by atoms with Crippen molar-refractivity contribution in [2.24, 2.45) is 0 Å². The fraction of sp³-hybridized carbons (Fsp3) is 0.562. The number of amides is 1. The van der Waals surface area contributed by atoms with Crippen LogP contribution in [0.4, 0.5) is 4.79 Å². The van der Waals surface area contributed by atoms with E-state index in [4.69, 9.17) is 4.74 Å². The van der Waals surface area contributed by atoms with Crippen molar-refractivity contribution in [2.45, 2.75) is 52.1 Å². The van der Waals surface area contributed by atoms with Crippen molar-refractivity contribution in [3.05, 3.63) is 35.9 Å². The molecule has 1 N–H and O–H groups in total. The lowest BCUT2D eigenvalue weighted by Crippen LogP contribution is -2.29. The molecule has 106 valence electrons. The van der Waals surface area contributed by atoms with Gasteiger partial charge in [-0.15, -0.1) is 0 Å². The largest absolute Gasteiger partial charge is 0.446 e. The summed E-state index contributed by atoms with van der Waals surface area (Å²) >= 11 is 0. The predicted molar refractivity (Wildman–Crippen MR) is 78.2 cm³/mol. The molecule has 1 unspecified atom stereocenters. The Morgan fingerprint density at radius 2 is 1.95 bits per heavy atom. The highest BCUT2D eigenvalue weighted by molar-refractivity contribution is 5.67. The molecule has 3 heteroatoms. The summed E-state index contributed by atoms with van der Waals surface area (Å²) in [6, 6.07) is 10.1. The van der Waals surface area contributed by atoms with Gasteiger partial charge in [-0.3, -0.25) is 0 Å². The second-order valence-corrected chi connectivity index (χ2v) is 4.89. The summed E-state index contributed by atoms with van der Waals surface area (Å²) in [4.78, 5) is 11.5.